The molecule has 0 aliphatic rings. The molecule has 0 heterocycles. The molecule has 0 N–H and O–H groups in total. The second kappa shape index (κ2) is 7.18. The molecule has 0 saturated carbocycles. The van der Waals surface area contributed by atoms with Crippen molar-refractivity contribution in [1.82, 2.24) is 0 Å². The highest BCUT2D eigenvalue weighted by atomic mass is 32.2. The Kier molecular flexibility index (Phi) is 7.52. The van der Waals surface area contributed by atoms with Crippen molar-refractivity contribution in [3.63, 3.8) is 0 Å². The number of thiol groups is 3. The molecule has 0 aromatic heterocycles. The minimum absolute atomic E-state index is 0.0150. The predicted octanol–water partition coefficient (Wildman–Crippen LogP) is 1.43. The largest absolute Gasteiger partial charge is 0.466 e. The number of carbonyl (C=O) groups excluding carboxylic acids is 1. The van der Waals surface area contributed by atoms with Gasteiger partial charge >= 0.3 is 5.97 Å². The fourth-order valence-corrected chi connectivity index (χ4v) is 0.835. The van der Waals surface area contributed by atoms with Crippen LogP contribution in [0.15, 0.2) is 0 Å². The number of esters is 1. The number of carbonyl (C=O) groups is 1. The Bertz CT molecular complexity index is 116. The third-order valence-corrected chi connectivity index (χ3v) is 1.70. The highest BCUT2D eigenvalue weighted by molar-refractivity contribution is 7.99. The van der Waals surface area contributed by atoms with Gasteiger partial charge in [-0.2, -0.15) is 37.9 Å². The summed E-state index contributed by atoms with van der Waals surface area (Å²) in [6, 6.07) is 0. The summed E-state index contributed by atoms with van der Waals surface area (Å²) in [5.74, 6) is 0.326. The molecule has 0 unspecified atom stereocenters. The zero-order valence-corrected chi connectivity index (χ0v) is 8.75. The van der Waals surface area contributed by atoms with E-state index in [1.54, 1.807) is 0 Å². The molecule has 0 bridgehead atoms. The van der Waals surface area contributed by atoms with Gasteiger partial charge in [0.15, 0.2) is 0 Å². The molecule has 2 nitrogen and oxygen atoms in total. The SMILES string of the molecule is O=C(CCS)OCCC(S)S. The van der Waals surface area contributed by atoms with Crippen molar-refractivity contribution in [3.05, 3.63) is 0 Å². The van der Waals surface area contributed by atoms with Gasteiger partial charge in [-0.1, -0.05) is 0 Å². The summed E-state index contributed by atoms with van der Waals surface area (Å²) in [5, 5.41) is 0. The zero-order valence-electron chi connectivity index (χ0n) is 6.06. The molecule has 0 aliphatic carbocycles. The first-order valence-electron chi connectivity index (χ1n) is 3.29. The Hall–Kier alpha value is 0.520. The van der Waals surface area contributed by atoms with Gasteiger partial charge in [0.05, 0.1) is 13.0 Å². The van der Waals surface area contributed by atoms with Crippen molar-refractivity contribution in [1.29, 1.82) is 0 Å². The average Bonchev–Trinajstić information content (AvgIpc) is 1.87. The lowest BCUT2D eigenvalue weighted by Crippen LogP contribution is -2.07. The van der Waals surface area contributed by atoms with Gasteiger partial charge in [-0.3, -0.25) is 4.79 Å². The van der Waals surface area contributed by atoms with Crippen molar-refractivity contribution in [2.75, 3.05) is 12.4 Å². The van der Waals surface area contributed by atoms with Crippen molar-refractivity contribution < 1.29 is 9.53 Å². The minimum Gasteiger partial charge on any atom is -0.466 e. The van der Waals surface area contributed by atoms with Gasteiger partial charge in [0.1, 0.15) is 0 Å². The summed E-state index contributed by atoms with van der Waals surface area (Å²) in [4.78, 5) is 10.7. The van der Waals surface area contributed by atoms with Crippen LogP contribution in [0.1, 0.15) is 12.8 Å². The maximum Gasteiger partial charge on any atom is 0.306 e. The molecule has 0 radical (unpaired) electrons. The maximum absolute atomic E-state index is 10.7. The lowest BCUT2D eigenvalue weighted by atomic mass is 10.5. The molecule has 0 fully saturated rings. The number of rotatable bonds is 5. The van der Waals surface area contributed by atoms with Gasteiger partial charge in [-0.15, -0.1) is 0 Å². The van der Waals surface area contributed by atoms with Gasteiger partial charge < -0.3 is 4.74 Å². The normalized spacial score (nSPS) is 10.2. The molecule has 0 atom stereocenters. The second-order valence-electron chi connectivity index (χ2n) is 1.96. The van der Waals surface area contributed by atoms with E-state index in [-0.39, 0.29) is 10.6 Å². The molecule has 66 valence electrons. The Morgan fingerprint density at radius 2 is 2.09 bits per heavy atom. The highest BCUT2D eigenvalue weighted by Crippen LogP contribution is 2.05. The minimum atomic E-state index is -0.206. The second-order valence-corrected chi connectivity index (χ2v) is 4.06. The van der Waals surface area contributed by atoms with E-state index in [1.165, 1.54) is 0 Å². The summed E-state index contributed by atoms with van der Waals surface area (Å²) < 4.78 is 4.79. The van der Waals surface area contributed by atoms with E-state index in [0.29, 0.717) is 25.2 Å². The Labute approximate surface area is 83.3 Å². The summed E-state index contributed by atoms with van der Waals surface area (Å²) >= 11 is 11.9. The smallest absolute Gasteiger partial charge is 0.306 e. The molecule has 0 spiro atoms. The molecular formula is C6H12O2S3. The molecular weight excluding hydrogens is 200 g/mol. The summed E-state index contributed by atoms with van der Waals surface area (Å²) in [7, 11) is 0. The zero-order chi connectivity index (χ0) is 8.69. The number of hydrogen-bond acceptors (Lipinski definition) is 5. The van der Waals surface area contributed by atoms with E-state index in [0.717, 1.165) is 0 Å². The van der Waals surface area contributed by atoms with E-state index in [1.807, 2.05) is 0 Å². The van der Waals surface area contributed by atoms with Gasteiger partial charge in [0, 0.05) is 16.8 Å². The maximum atomic E-state index is 10.7. The summed E-state index contributed by atoms with van der Waals surface area (Å²) in [6.07, 6.45) is 1.04. The third-order valence-electron chi connectivity index (χ3n) is 0.955. The van der Waals surface area contributed by atoms with Crippen molar-refractivity contribution >= 4 is 43.9 Å². The van der Waals surface area contributed by atoms with E-state index < -0.39 is 0 Å². The average molecular weight is 212 g/mol. The van der Waals surface area contributed by atoms with Crippen LogP contribution in [0.4, 0.5) is 0 Å². The molecule has 0 aromatic rings. The third kappa shape index (κ3) is 8.43. The van der Waals surface area contributed by atoms with E-state index in [2.05, 4.69) is 37.9 Å². The molecule has 0 rings (SSSR count). The van der Waals surface area contributed by atoms with Gasteiger partial charge in [-0.25, -0.2) is 0 Å². The molecule has 11 heavy (non-hydrogen) atoms. The van der Waals surface area contributed by atoms with Crippen LogP contribution in [0, 0.1) is 0 Å². The van der Waals surface area contributed by atoms with E-state index >= 15 is 0 Å². The Balaban J connectivity index is 3.17. The molecule has 0 amide bonds. The first-order chi connectivity index (χ1) is 5.16. The van der Waals surface area contributed by atoms with Crippen molar-refractivity contribution in [2.24, 2.45) is 0 Å². The predicted molar refractivity (Wildman–Crippen MR) is 55.8 cm³/mol. The van der Waals surface area contributed by atoms with Gasteiger partial charge in [0.2, 0.25) is 0 Å². The monoisotopic (exact) mass is 212 g/mol. The van der Waals surface area contributed by atoms with E-state index in [9.17, 15) is 4.79 Å². The summed E-state index contributed by atoms with van der Waals surface area (Å²) in [6.45, 7) is 0.393. The molecule has 0 aromatic carbocycles. The fraction of sp³-hybridized carbons (Fsp3) is 0.833. The number of ether oxygens (including phenoxy) is 1. The number of hydrogen-bond donors (Lipinski definition) is 3. The van der Waals surface area contributed by atoms with Crippen LogP contribution in [0.25, 0.3) is 0 Å². The van der Waals surface area contributed by atoms with Crippen LogP contribution in [-0.2, 0) is 9.53 Å². The van der Waals surface area contributed by atoms with Crippen LogP contribution < -0.4 is 0 Å². The fourth-order valence-electron chi connectivity index (χ4n) is 0.442. The van der Waals surface area contributed by atoms with Crippen LogP contribution >= 0.6 is 37.9 Å². The van der Waals surface area contributed by atoms with Gasteiger partial charge in [-0.05, 0) is 0 Å². The van der Waals surface area contributed by atoms with Crippen LogP contribution in [0.2, 0.25) is 0 Å². The first kappa shape index (κ1) is 11.5. The van der Waals surface area contributed by atoms with Crippen LogP contribution in [0.3, 0.4) is 0 Å². The molecule has 0 aliphatic heterocycles. The van der Waals surface area contributed by atoms with Crippen LogP contribution in [0.5, 0.6) is 0 Å². The molecule has 5 heteroatoms. The van der Waals surface area contributed by atoms with Crippen LogP contribution in [-0.4, -0.2) is 22.9 Å². The Morgan fingerprint density at radius 3 is 2.55 bits per heavy atom. The van der Waals surface area contributed by atoms with Gasteiger partial charge in [0.25, 0.3) is 0 Å². The van der Waals surface area contributed by atoms with E-state index in [4.69, 9.17) is 4.74 Å². The lowest BCUT2D eigenvalue weighted by Gasteiger charge is -2.04. The topological polar surface area (TPSA) is 26.3 Å². The lowest BCUT2D eigenvalue weighted by molar-refractivity contribution is -0.143. The van der Waals surface area contributed by atoms with Crippen molar-refractivity contribution in [2.45, 2.75) is 17.4 Å². The quantitative estimate of drug-likeness (QED) is 0.365. The summed E-state index contributed by atoms with van der Waals surface area (Å²) in [5.41, 5.74) is 0. The highest BCUT2D eigenvalue weighted by Gasteiger charge is 2.01. The first-order valence-corrected chi connectivity index (χ1v) is 4.96. The standard InChI is InChI=1S/C6H12O2S3/c7-5(2-4-9)8-3-1-6(10)11/h6,9-11H,1-4H2. The van der Waals surface area contributed by atoms with Crippen molar-refractivity contribution in [3.8, 4) is 0 Å². The molecule has 0 saturated heterocycles. The Morgan fingerprint density at radius 1 is 1.45 bits per heavy atom.